The molecular formula is C13H17ClN2O3S. The molecule has 0 spiro atoms. The number of nitrogens with zero attached hydrogens (tertiary/aromatic N) is 1. The number of rotatable bonds is 6. The Hall–Kier alpha value is -1.11. The fraction of sp³-hybridized carbons (Fsp3) is 0.462. The van der Waals surface area contributed by atoms with E-state index in [1.165, 1.54) is 4.31 Å². The fourth-order valence-electron chi connectivity index (χ4n) is 1.91. The first-order valence-corrected chi connectivity index (χ1v) is 8.57. The van der Waals surface area contributed by atoms with Crippen molar-refractivity contribution in [3.05, 3.63) is 34.9 Å². The minimum absolute atomic E-state index is 0.0175. The van der Waals surface area contributed by atoms with E-state index in [0.29, 0.717) is 11.6 Å². The lowest BCUT2D eigenvalue weighted by atomic mass is 10.2. The number of benzene rings is 1. The van der Waals surface area contributed by atoms with Gasteiger partial charge in [0.25, 0.3) is 0 Å². The highest BCUT2D eigenvalue weighted by atomic mass is 35.5. The van der Waals surface area contributed by atoms with Gasteiger partial charge < -0.3 is 5.32 Å². The van der Waals surface area contributed by atoms with Crippen LogP contribution < -0.4 is 5.32 Å². The van der Waals surface area contributed by atoms with E-state index in [1.54, 1.807) is 6.07 Å². The minimum atomic E-state index is -3.34. The topological polar surface area (TPSA) is 66.5 Å². The molecule has 110 valence electrons. The second kappa shape index (κ2) is 6.11. The van der Waals surface area contributed by atoms with Crippen LogP contribution in [0.15, 0.2) is 24.3 Å². The van der Waals surface area contributed by atoms with Gasteiger partial charge in [0.05, 0.1) is 12.8 Å². The Balaban J connectivity index is 1.91. The molecule has 0 saturated heterocycles. The minimum Gasteiger partial charge on any atom is -0.351 e. The average Bonchev–Trinajstić information content (AvgIpc) is 3.18. The molecule has 0 bridgehead atoms. The van der Waals surface area contributed by atoms with Crippen molar-refractivity contribution in [3.8, 4) is 0 Å². The molecule has 1 saturated carbocycles. The number of carbonyl (C=O) groups excluding carboxylic acids is 1. The summed E-state index contributed by atoms with van der Waals surface area (Å²) >= 11 is 5.99. The number of sulfonamides is 1. The first kappa shape index (κ1) is 15.3. The van der Waals surface area contributed by atoms with Crippen LogP contribution in [0.5, 0.6) is 0 Å². The second-order valence-corrected chi connectivity index (χ2v) is 7.25. The van der Waals surface area contributed by atoms with E-state index in [1.807, 2.05) is 18.2 Å². The lowest BCUT2D eigenvalue weighted by molar-refractivity contribution is -0.121. The summed E-state index contributed by atoms with van der Waals surface area (Å²) in [5.74, 6) is -0.317. The van der Waals surface area contributed by atoms with Crippen LogP contribution >= 0.6 is 11.6 Å². The van der Waals surface area contributed by atoms with Crippen molar-refractivity contribution >= 4 is 27.5 Å². The number of nitrogens with one attached hydrogen (secondary N) is 1. The molecule has 0 aromatic heterocycles. The van der Waals surface area contributed by atoms with Gasteiger partial charge in [0, 0.05) is 17.6 Å². The molecule has 20 heavy (non-hydrogen) atoms. The first-order chi connectivity index (χ1) is 9.38. The monoisotopic (exact) mass is 316 g/mol. The summed E-state index contributed by atoms with van der Waals surface area (Å²) in [5, 5.41) is 3.27. The Kier molecular flexibility index (Phi) is 4.67. The third-order valence-electron chi connectivity index (χ3n) is 3.11. The Morgan fingerprint density at radius 2 is 2.05 bits per heavy atom. The molecule has 0 heterocycles. The van der Waals surface area contributed by atoms with Crippen LogP contribution in [0.2, 0.25) is 5.02 Å². The van der Waals surface area contributed by atoms with E-state index >= 15 is 0 Å². The Morgan fingerprint density at radius 3 is 2.60 bits per heavy atom. The quantitative estimate of drug-likeness (QED) is 0.862. The SMILES string of the molecule is CS(=O)(=O)N(CC(=O)NCc1ccccc1Cl)C1CC1. The fourth-order valence-corrected chi connectivity index (χ4v) is 3.22. The van der Waals surface area contributed by atoms with Crippen LogP contribution in [0, 0.1) is 0 Å². The average molecular weight is 317 g/mol. The molecule has 0 unspecified atom stereocenters. The Bertz CT molecular complexity index is 599. The Labute approximate surface area is 124 Å². The lowest BCUT2D eigenvalue weighted by Crippen LogP contribution is -2.41. The van der Waals surface area contributed by atoms with E-state index in [-0.39, 0.29) is 18.5 Å². The van der Waals surface area contributed by atoms with Gasteiger partial charge in [-0.3, -0.25) is 4.79 Å². The molecule has 0 aliphatic heterocycles. The predicted octanol–water partition coefficient (Wildman–Crippen LogP) is 1.38. The van der Waals surface area contributed by atoms with Crippen molar-refractivity contribution in [1.82, 2.24) is 9.62 Å². The standard InChI is InChI=1S/C13H17ClN2O3S/c1-20(18,19)16(11-6-7-11)9-13(17)15-8-10-4-2-3-5-12(10)14/h2-5,11H,6-9H2,1H3,(H,15,17). The van der Waals surface area contributed by atoms with Gasteiger partial charge >= 0.3 is 0 Å². The van der Waals surface area contributed by atoms with E-state index in [2.05, 4.69) is 5.32 Å². The molecule has 1 fully saturated rings. The maximum absolute atomic E-state index is 11.9. The van der Waals surface area contributed by atoms with Crippen molar-refractivity contribution in [3.63, 3.8) is 0 Å². The molecular weight excluding hydrogens is 300 g/mol. The van der Waals surface area contributed by atoms with Crippen molar-refractivity contribution < 1.29 is 13.2 Å². The van der Waals surface area contributed by atoms with Gasteiger partial charge in [-0.25, -0.2) is 8.42 Å². The summed E-state index contributed by atoms with van der Waals surface area (Å²) in [6, 6.07) is 7.19. The second-order valence-electron chi connectivity index (χ2n) is 4.91. The van der Waals surface area contributed by atoms with Crippen LogP contribution in [0.3, 0.4) is 0 Å². The maximum atomic E-state index is 11.9. The molecule has 5 nitrogen and oxygen atoms in total. The molecule has 1 aromatic carbocycles. The molecule has 1 N–H and O–H groups in total. The van der Waals surface area contributed by atoms with Crippen molar-refractivity contribution in [1.29, 1.82) is 0 Å². The molecule has 0 atom stereocenters. The highest BCUT2D eigenvalue weighted by molar-refractivity contribution is 7.88. The third-order valence-corrected chi connectivity index (χ3v) is 4.76. The molecule has 1 aliphatic carbocycles. The summed E-state index contributed by atoms with van der Waals surface area (Å²) in [6.45, 7) is 0.161. The first-order valence-electron chi connectivity index (χ1n) is 6.35. The molecule has 0 radical (unpaired) electrons. The van der Waals surface area contributed by atoms with Crippen LogP contribution in [0.1, 0.15) is 18.4 Å². The van der Waals surface area contributed by atoms with Gasteiger partial charge in [-0.1, -0.05) is 29.8 Å². The summed E-state index contributed by atoms with van der Waals surface area (Å²) in [5.41, 5.74) is 0.805. The van der Waals surface area contributed by atoms with Crippen LogP contribution in [0.25, 0.3) is 0 Å². The smallest absolute Gasteiger partial charge is 0.235 e. The van der Waals surface area contributed by atoms with Crippen molar-refractivity contribution in [2.45, 2.75) is 25.4 Å². The molecule has 2 rings (SSSR count). The van der Waals surface area contributed by atoms with E-state index in [4.69, 9.17) is 11.6 Å². The van der Waals surface area contributed by atoms with E-state index in [0.717, 1.165) is 24.7 Å². The summed E-state index contributed by atoms with van der Waals surface area (Å²) < 4.78 is 24.5. The molecule has 7 heteroatoms. The van der Waals surface area contributed by atoms with Gasteiger partial charge in [0.2, 0.25) is 15.9 Å². The van der Waals surface area contributed by atoms with Crippen molar-refractivity contribution in [2.24, 2.45) is 0 Å². The van der Waals surface area contributed by atoms with Gasteiger partial charge in [-0.05, 0) is 24.5 Å². The van der Waals surface area contributed by atoms with Gasteiger partial charge in [-0.15, -0.1) is 0 Å². The summed E-state index contributed by atoms with van der Waals surface area (Å²) in [6.07, 6.45) is 2.78. The normalized spacial score (nSPS) is 15.3. The van der Waals surface area contributed by atoms with Gasteiger partial charge in [0.1, 0.15) is 0 Å². The number of halogens is 1. The molecule has 1 aromatic rings. The van der Waals surface area contributed by atoms with E-state index < -0.39 is 10.0 Å². The zero-order chi connectivity index (χ0) is 14.8. The maximum Gasteiger partial charge on any atom is 0.235 e. The third kappa shape index (κ3) is 4.19. The number of amides is 1. The highest BCUT2D eigenvalue weighted by Gasteiger charge is 2.36. The molecule has 1 aliphatic rings. The number of hydrogen-bond acceptors (Lipinski definition) is 3. The van der Waals surface area contributed by atoms with Crippen molar-refractivity contribution in [2.75, 3.05) is 12.8 Å². The predicted molar refractivity (Wildman–Crippen MR) is 77.9 cm³/mol. The summed E-state index contributed by atoms with van der Waals surface area (Å²) in [4.78, 5) is 11.9. The van der Waals surface area contributed by atoms with Crippen LogP contribution in [0.4, 0.5) is 0 Å². The summed E-state index contributed by atoms with van der Waals surface area (Å²) in [7, 11) is -3.34. The highest BCUT2D eigenvalue weighted by Crippen LogP contribution is 2.28. The van der Waals surface area contributed by atoms with Crippen LogP contribution in [-0.2, 0) is 21.4 Å². The number of carbonyl (C=O) groups is 1. The lowest BCUT2D eigenvalue weighted by Gasteiger charge is -2.18. The Morgan fingerprint density at radius 1 is 1.40 bits per heavy atom. The largest absolute Gasteiger partial charge is 0.351 e. The molecule has 1 amide bonds. The zero-order valence-electron chi connectivity index (χ0n) is 11.2. The van der Waals surface area contributed by atoms with Gasteiger partial charge in [-0.2, -0.15) is 4.31 Å². The zero-order valence-corrected chi connectivity index (χ0v) is 12.7. The van der Waals surface area contributed by atoms with Crippen LogP contribution in [-0.4, -0.2) is 37.5 Å². The number of hydrogen-bond donors (Lipinski definition) is 1. The van der Waals surface area contributed by atoms with E-state index in [9.17, 15) is 13.2 Å². The van der Waals surface area contributed by atoms with Gasteiger partial charge in [0.15, 0.2) is 0 Å².